The lowest BCUT2D eigenvalue weighted by Gasteiger charge is -2.00. The van der Waals surface area contributed by atoms with Crippen LogP contribution in [-0.4, -0.2) is 4.98 Å². The maximum absolute atomic E-state index is 5.82. The highest BCUT2D eigenvalue weighted by Gasteiger charge is 2.09. The van der Waals surface area contributed by atoms with E-state index in [9.17, 15) is 0 Å². The molecule has 0 aliphatic rings. The Morgan fingerprint density at radius 3 is 2.68 bits per heavy atom. The third-order valence-electron chi connectivity index (χ3n) is 3.08. The van der Waals surface area contributed by atoms with E-state index in [-0.39, 0.29) is 0 Å². The topological polar surface area (TPSA) is 38.9 Å². The van der Waals surface area contributed by atoms with Crippen molar-refractivity contribution in [3.8, 4) is 10.6 Å². The van der Waals surface area contributed by atoms with Gasteiger partial charge in [0.1, 0.15) is 5.01 Å². The lowest BCUT2D eigenvalue weighted by atomic mass is 10.1. The summed E-state index contributed by atoms with van der Waals surface area (Å²) in [4.78, 5) is 4.75. The van der Waals surface area contributed by atoms with Crippen LogP contribution in [0.1, 0.15) is 11.1 Å². The molecule has 4 heteroatoms. The van der Waals surface area contributed by atoms with E-state index in [1.54, 1.807) is 11.3 Å². The van der Waals surface area contributed by atoms with Crippen LogP contribution >= 0.6 is 27.3 Å². The number of nitrogen functional groups attached to an aromatic ring is 1. The van der Waals surface area contributed by atoms with Crippen molar-refractivity contribution in [1.82, 2.24) is 4.98 Å². The third kappa shape index (κ3) is 2.26. The highest BCUT2D eigenvalue weighted by atomic mass is 79.9. The first-order valence-corrected chi connectivity index (χ1v) is 7.59. The SMILES string of the molecule is Cc1cc(C)c2nc(-c3ccc(N)c(Br)c3)sc2c1. The number of nitrogens with zero attached hydrogens (tertiary/aromatic N) is 1. The smallest absolute Gasteiger partial charge is 0.124 e. The molecule has 19 heavy (non-hydrogen) atoms. The summed E-state index contributed by atoms with van der Waals surface area (Å²) < 4.78 is 2.15. The monoisotopic (exact) mass is 332 g/mol. The number of aryl methyl sites for hydroxylation is 2. The fraction of sp³-hybridized carbons (Fsp3) is 0.133. The van der Waals surface area contributed by atoms with Gasteiger partial charge in [-0.25, -0.2) is 4.98 Å². The maximum Gasteiger partial charge on any atom is 0.124 e. The summed E-state index contributed by atoms with van der Waals surface area (Å²) >= 11 is 5.19. The summed E-state index contributed by atoms with van der Waals surface area (Å²) in [6, 6.07) is 10.3. The Morgan fingerprint density at radius 2 is 1.95 bits per heavy atom. The Labute approximate surface area is 124 Å². The van der Waals surface area contributed by atoms with Gasteiger partial charge in [0.15, 0.2) is 0 Å². The average Bonchev–Trinajstić information content (AvgIpc) is 2.76. The standard InChI is InChI=1S/C15H13BrN2S/c1-8-5-9(2)14-13(6-8)19-15(18-14)10-3-4-12(17)11(16)7-10/h3-7H,17H2,1-2H3. The number of benzene rings is 2. The molecule has 0 fully saturated rings. The van der Waals surface area contributed by atoms with Crippen LogP contribution < -0.4 is 5.73 Å². The number of thiazole rings is 1. The Balaban J connectivity index is 2.20. The van der Waals surface area contributed by atoms with Crippen LogP contribution in [0, 0.1) is 13.8 Å². The number of anilines is 1. The molecule has 2 nitrogen and oxygen atoms in total. The predicted molar refractivity (Wildman–Crippen MR) is 86.6 cm³/mol. The van der Waals surface area contributed by atoms with Crippen molar-refractivity contribution in [2.45, 2.75) is 13.8 Å². The van der Waals surface area contributed by atoms with Gasteiger partial charge in [-0.2, -0.15) is 0 Å². The van der Waals surface area contributed by atoms with Gasteiger partial charge in [-0.15, -0.1) is 11.3 Å². The second kappa shape index (κ2) is 4.62. The Kier molecular flexibility index (Phi) is 3.07. The minimum atomic E-state index is 0.747. The van der Waals surface area contributed by atoms with E-state index in [0.29, 0.717) is 0 Å². The van der Waals surface area contributed by atoms with Gasteiger partial charge in [0.25, 0.3) is 0 Å². The predicted octanol–water partition coefficient (Wildman–Crippen LogP) is 4.92. The molecule has 0 saturated carbocycles. The molecule has 0 unspecified atom stereocenters. The number of hydrogen-bond acceptors (Lipinski definition) is 3. The first kappa shape index (κ1) is 12.6. The molecular formula is C15H13BrN2S. The molecule has 0 atom stereocenters. The highest BCUT2D eigenvalue weighted by Crippen LogP contribution is 2.34. The summed E-state index contributed by atoms with van der Waals surface area (Å²) in [5.41, 5.74) is 11.3. The lowest BCUT2D eigenvalue weighted by molar-refractivity contribution is 1.38. The normalized spacial score (nSPS) is 11.1. The van der Waals surface area contributed by atoms with Gasteiger partial charge < -0.3 is 5.73 Å². The minimum absolute atomic E-state index is 0.747. The first-order chi connectivity index (χ1) is 9.04. The van der Waals surface area contributed by atoms with Gasteiger partial charge >= 0.3 is 0 Å². The van der Waals surface area contributed by atoms with Crippen molar-refractivity contribution in [1.29, 1.82) is 0 Å². The Bertz CT molecular complexity index is 777. The average molecular weight is 333 g/mol. The minimum Gasteiger partial charge on any atom is -0.398 e. The molecule has 1 heterocycles. The fourth-order valence-electron chi connectivity index (χ4n) is 2.15. The summed E-state index contributed by atoms with van der Waals surface area (Å²) in [6.45, 7) is 4.23. The van der Waals surface area contributed by atoms with Crippen LogP contribution in [0.2, 0.25) is 0 Å². The highest BCUT2D eigenvalue weighted by molar-refractivity contribution is 9.10. The van der Waals surface area contributed by atoms with Crippen LogP contribution in [0.5, 0.6) is 0 Å². The van der Waals surface area contributed by atoms with Gasteiger partial charge in [-0.3, -0.25) is 0 Å². The fourth-order valence-corrected chi connectivity index (χ4v) is 3.67. The van der Waals surface area contributed by atoms with Crippen LogP contribution in [0.25, 0.3) is 20.8 Å². The van der Waals surface area contributed by atoms with Gasteiger partial charge in [0.2, 0.25) is 0 Å². The number of aromatic nitrogens is 1. The molecule has 0 radical (unpaired) electrons. The van der Waals surface area contributed by atoms with Crippen molar-refractivity contribution in [2.24, 2.45) is 0 Å². The van der Waals surface area contributed by atoms with Crippen LogP contribution in [0.15, 0.2) is 34.8 Å². The van der Waals surface area contributed by atoms with Crippen molar-refractivity contribution < 1.29 is 0 Å². The second-order valence-corrected chi connectivity index (χ2v) is 6.57. The van der Waals surface area contributed by atoms with Gasteiger partial charge in [-0.1, -0.05) is 6.07 Å². The van der Waals surface area contributed by atoms with E-state index >= 15 is 0 Å². The van der Waals surface area contributed by atoms with Crippen molar-refractivity contribution >= 4 is 43.2 Å². The second-order valence-electron chi connectivity index (χ2n) is 4.68. The maximum atomic E-state index is 5.82. The molecule has 0 bridgehead atoms. The van der Waals surface area contributed by atoms with Crippen LogP contribution in [-0.2, 0) is 0 Å². The van der Waals surface area contributed by atoms with Crippen molar-refractivity contribution in [2.75, 3.05) is 5.73 Å². The van der Waals surface area contributed by atoms with Crippen LogP contribution in [0.3, 0.4) is 0 Å². The Morgan fingerprint density at radius 1 is 1.16 bits per heavy atom. The first-order valence-electron chi connectivity index (χ1n) is 5.98. The summed E-state index contributed by atoms with van der Waals surface area (Å²) in [6.07, 6.45) is 0. The number of fused-ring (bicyclic) bond motifs is 1. The molecule has 2 N–H and O–H groups in total. The molecular weight excluding hydrogens is 320 g/mol. The van der Waals surface area contributed by atoms with Gasteiger partial charge in [0, 0.05) is 15.7 Å². The number of nitrogens with two attached hydrogens (primary N) is 1. The molecule has 3 rings (SSSR count). The molecule has 0 spiro atoms. The number of halogens is 1. The zero-order valence-electron chi connectivity index (χ0n) is 10.7. The number of hydrogen-bond donors (Lipinski definition) is 1. The molecule has 0 amide bonds. The summed E-state index contributed by atoms with van der Waals surface area (Å²) in [5.74, 6) is 0. The molecule has 3 aromatic rings. The summed E-state index contributed by atoms with van der Waals surface area (Å²) in [5, 5.41) is 1.03. The zero-order chi connectivity index (χ0) is 13.6. The molecule has 96 valence electrons. The van der Waals surface area contributed by atoms with Crippen molar-refractivity contribution in [3.05, 3.63) is 45.9 Å². The largest absolute Gasteiger partial charge is 0.398 e. The Hall–Kier alpha value is -1.39. The summed E-state index contributed by atoms with van der Waals surface area (Å²) in [7, 11) is 0. The lowest BCUT2D eigenvalue weighted by Crippen LogP contribution is -1.86. The zero-order valence-corrected chi connectivity index (χ0v) is 13.1. The van der Waals surface area contributed by atoms with E-state index in [4.69, 9.17) is 10.7 Å². The molecule has 1 aromatic heterocycles. The molecule has 0 saturated heterocycles. The van der Waals surface area contributed by atoms with E-state index in [1.165, 1.54) is 15.8 Å². The van der Waals surface area contributed by atoms with E-state index in [2.05, 4.69) is 41.9 Å². The number of rotatable bonds is 1. The third-order valence-corrected chi connectivity index (χ3v) is 4.82. The molecule has 0 aliphatic heterocycles. The van der Waals surface area contributed by atoms with E-state index in [1.807, 2.05) is 18.2 Å². The van der Waals surface area contributed by atoms with Crippen molar-refractivity contribution in [3.63, 3.8) is 0 Å². The van der Waals surface area contributed by atoms with Crippen LogP contribution in [0.4, 0.5) is 5.69 Å². The van der Waals surface area contributed by atoms with Gasteiger partial charge in [0.05, 0.1) is 10.2 Å². The molecule has 2 aromatic carbocycles. The van der Waals surface area contributed by atoms with E-state index < -0.39 is 0 Å². The quantitative estimate of drug-likeness (QED) is 0.642. The van der Waals surface area contributed by atoms with Gasteiger partial charge in [-0.05, 0) is 65.2 Å². The molecule has 0 aliphatic carbocycles. The van der Waals surface area contributed by atoms with E-state index in [0.717, 1.165) is 26.2 Å².